The molecule has 3 N–H and O–H groups in total. The van der Waals surface area contributed by atoms with Crippen LogP contribution in [0.15, 0.2) is 0 Å². The van der Waals surface area contributed by atoms with Crippen molar-refractivity contribution in [3.8, 4) is 0 Å². The molecule has 5 heteroatoms. The quantitative estimate of drug-likeness (QED) is 0.674. The maximum Gasteiger partial charge on any atom is 0.320 e. The minimum Gasteiger partial charge on any atom is -0.481 e. The van der Waals surface area contributed by atoms with Gasteiger partial charge in [-0.25, -0.2) is 0 Å². The van der Waals surface area contributed by atoms with Crippen LogP contribution in [0.5, 0.6) is 0 Å². The molecule has 0 bridgehead atoms. The van der Waals surface area contributed by atoms with Gasteiger partial charge in [-0.15, -0.1) is 0 Å². The van der Waals surface area contributed by atoms with Gasteiger partial charge in [0, 0.05) is 6.04 Å². The summed E-state index contributed by atoms with van der Waals surface area (Å²) in [6, 6.07) is -0.553. The van der Waals surface area contributed by atoms with E-state index in [1.165, 1.54) is 0 Å². The molecular weight excluding hydrogens is 234 g/mol. The van der Waals surface area contributed by atoms with Gasteiger partial charge in [0.1, 0.15) is 6.04 Å². The Bertz CT molecular complexity index is 303. The van der Waals surface area contributed by atoms with E-state index in [4.69, 9.17) is 10.2 Å². The molecule has 1 fully saturated rings. The van der Waals surface area contributed by atoms with Gasteiger partial charge in [-0.1, -0.05) is 20.3 Å². The molecule has 0 heterocycles. The molecule has 0 amide bonds. The van der Waals surface area contributed by atoms with Crippen LogP contribution in [0.3, 0.4) is 0 Å². The fourth-order valence-corrected chi connectivity index (χ4v) is 2.56. The van der Waals surface area contributed by atoms with Crippen LogP contribution in [0.4, 0.5) is 0 Å². The van der Waals surface area contributed by atoms with Crippen molar-refractivity contribution in [2.45, 2.75) is 58.0 Å². The van der Waals surface area contributed by atoms with Crippen molar-refractivity contribution in [3.63, 3.8) is 0 Å². The Hall–Kier alpha value is -1.10. The first kappa shape index (κ1) is 15.0. The standard InChI is InChI=1S/C13H23NO4/c1-8(2)6-11(13(17)18)14-10-5-3-4-9(7-10)12(15)16/h8-11,14H,3-7H2,1-2H3,(H,15,16)(H,17,18). The fourth-order valence-electron chi connectivity index (χ4n) is 2.56. The molecule has 18 heavy (non-hydrogen) atoms. The number of rotatable bonds is 6. The number of aliphatic carboxylic acids is 2. The van der Waals surface area contributed by atoms with Gasteiger partial charge in [-0.05, 0) is 31.6 Å². The second kappa shape index (κ2) is 6.73. The van der Waals surface area contributed by atoms with Gasteiger partial charge in [0.05, 0.1) is 5.92 Å². The number of carboxylic acid groups (broad SMARTS) is 2. The first-order valence-corrected chi connectivity index (χ1v) is 6.61. The highest BCUT2D eigenvalue weighted by molar-refractivity contribution is 5.73. The lowest BCUT2D eigenvalue weighted by Gasteiger charge is -2.30. The molecule has 5 nitrogen and oxygen atoms in total. The maximum absolute atomic E-state index is 11.1. The van der Waals surface area contributed by atoms with E-state index in [1.54, 1.807) is 0 Å². The number of hydrogen-bond donors (Lipinski definition) is 3. The van der Waals surface area contributed by atoms with Gasteiger partial charge < -0.3 is 15.5 Å². The van der Waals surface area contributed by atoms with Crippen molar-refractivity contribution in [1.29, 1.82) is 0 Å². The number of hydrogen-bond acceptors (Lipinski definition) is 3. The number of carboxylic acids is 2. The zero-order valence-corrected chi connectivity index (χ0v) is 11.1. The Balaban J connectivity index is 2.52. The normalized spacial score (nSPS) is 25.9. The van der Waals surface area contributed by atoms with E-state index in [2.05, 4.69) is 5.32 Å². The van der Waals surface area contributed by atoms with Gasteiger partial charge >= 0.3 is 11.9 Å². The average Bonchev–Trinajstić information content (AvgIpc) is 2.27. The fraction of sp³-hybridized carbons (Fsp3) is 0.846. The van der Waals surface area contributed by atoms with Crippen molar-refractivity contribution in [3.05, 3.63) is 0 Å². The van der Waals surface area contributed by atoms with Crippen LogP contribution in [0.2, 0.25) is 0 Å². The van der Waals surface area contributed by atoms with E-state index in [9.17, 15) is 9.59 Å². The Morgan fingerprint density at radius 3 is 2.44 bits per heavy atom. The smallest absolute Gasteiger partial charge is 0.320 e. The summed E-state index contributed by atoms with van der Waals surface area (Å²) in [5, 5.41) is 21.3. The molecule has 1 aliphatic rings. The molecule has 0 aromatic heterocycles. The van der Waals surface area contributed by atoms with Crippen LogP contribution in [0, 0.1) is 11.8 Å². The van der Waals surface area contributed by atoms with Crippen molar-refractivity contribution in [2.24, 2.45) is 11.8 Å². The minimum atomic E-state index is -0.846. The SMILES string of the molecule is CC(C)CC(NC1CCCC(C(=O)O)C1)C(=O)O. The molecule has 0 aromatic rings. The molecule has 1 rings (SSSR count). The summed E-state index contributed by atoms with van der Waals surface area (Å²) in [7, 11) is 0. The predicted octanol–water partition coefficient (Wildman–Crippen LogP) is 1.72. The second-order valence-electron chi connectivity index (χ2n) is 5.59. The minimum absolute atomic E-state index is 0.0136. The summed E-state index contributed by atoms with van der Waals surface area (Å²) in [5.74, 6) is -1.64. The highest BCUT2D eigenvalue weighted by Gasteiger charge is 2.30. The van der Waals surface area contributed by atoms with Crippen LogP contribution in [0.25, 0.3) is 0 Å². The highest BCUT2D eigenvalue weighted by Crippen LogP contribution is 2.25. The van der Waals surface area contributed by atoms with E-state index < -0.39 is 18.0 Å². The molecule has 0 spiro atoms. The highest BCUT2D eigenvalue weighted by atomic mass is 16.4. The van der Waals surface area contributed by atoms with E-state index in [-0.39, 0.29) is 12.0 Å². The van der Waals surface area contributed by atoms with Crippen molar-refractivity contribution >= 4 is 11.9 Å². The van der Waals surface area contributed by atoms with Crippen LogP contribution in [-0.4, -0.2) is 34.2 Å². The zero-order chi connectivity index (χ0) is 13.7. The topological polar surface area (TPSA) is 86.6 Å². The van der Waals surface area contributed by atoms with Gasteiger partial charge in [0.25, 0.3) is 0 Å². The molecular formula is C13H23NO4. The van der Waals surface area contributed by atoms with Gasteiger partial charge in [0.2, 0.25) is 0 Å². The molecule has 104 valence electrons. The Morgan fingerprint density at radius 2 is 1.94 bits per heavy atom. The van der Waals surface area contributed by atoms with Crippen LogP contribution < -0.4 is 5.32 Å². The lowest BCUT2D eigenvalue weighted by molar-refractivity contribution is -0.143. The lowest BCUT2D eigenvalue weighted by atomic mass is 9.85. The summed E-state index contributed by atoms with van der Waals surface area (Å²) >= 11 is 0. The monoisotopic (exact) mass is 257 g/mol. The Labute approximate surface area is 108 Å². The van der Waals surface area contributed by atoms with Crippen LogP contribution in [-0.2, 0) is 9.59 Å². The predicted molar refractivity (Wildman–Crippen MR) is 67.4 cm³/mol. The summed E-state index contributed by atoms with van der Waals surface area (Å²) < 4.78 is 0. The van der Waals surface area contributed by atoms with E-state index in [0.717, 1.165) is 12.8 Å². The third kappa shape index (κ3) is 4.64. The lowest BCUT2D eigenvalue weighted by Crippen LogP contribution is -2.46. The summed E-state index contributed by atoms with van der Waals surface area (Å²) in [4.78, 5) is 22.1. The maximum atomic E-state index is 11.1. The van der Waals surface area contributed by atoms with E-state index in [1.807, 2.05) is 13.8 Å². The third-order valence-electron chi connectivity index (χ3n) is 3.47. The Morgan fingerprint density at radius 1 is 1.28 bits per heavy atom. The number of nitrogens with one attached hydrogen (secondary N) is 1. The van der Waals surface area contributed by atoms with E-state index in [0.29, 0.717) is 25.2 Å². The molecule has 1 aliphatic carbocycles. The zero-order valence-electron chi connectivity index (χ0n) is 11.1. The van der Waals surface area contributed by atoms with Crippen molar-refractivity contribution in [1.82, 2.24) is 5.32 Å². The van der Waals surface area contributed by atoms with Gasteiger partial charge in [0.15, 0.2) is 0 Å². The molecule has 0 aliphatic heterocycles. The third-order valence-corrected chi connectivity index (χ3v) is 3.47. The number of carbonyl (C=O) groups is 2. The van der Waals surface area contributed by atoms with Gasteiger partial charge in [-0.3, -0.25) is 9.59 Å². The van der Waals surface area contributed by atoms with E-state index >= 15 is 0 Å². The van der Waals surface area contributed by atoms with Crippen molar-refractivity contribution in [2.75, 3.05) is 0 Å². The molecule has 1 saturated carbocycles. The summed E-state index contributed by atoms with van der Waals surface area (Å²) in [5.41, 5.74) is 0. The van der Waals surface area contributed by atoms with Crippen molar-refractivity contribution < 1.29 is 19.8 Å². The molecule has 0 radical (unpaired) electrons. The molecule has 0 aromatic carbocycles. The summed E-state index contributed by atoms with van der Waals surface area (Å²) in [6.07, 6.45) is 3.53. The Kier molecular flexibility index (Phi) is 5.59. The second-order valence-corrected chi connectivity index (χ2v) is 5.59. The first-order chi connectivity index (χ1) is 8.40. The van der Waals surface area contributed by atoms with Crippen LogP contribution >= 0.6 is 0 Å². The molecule has 3 atom stereocenters. The largest absolute Gasteiger partial charge is 0.481 e. The van der Waals surface area contributed by atoms with Gasteiger partial charge in [-0.2, -0.15) is 0 Å². The first-order valence-electron chi connectivity index (χ1n) is 6.61. The molecule has 3 unspecified atom stereocenters. The summed E-state index contributed by atoms with van der Waals surface area (Å²) in [6.45, 7) is 3.97. The molecule has 0 saturated heterocycles. The average molecular weight is 257 g/mol. The van der Waals surface area contributed by atoms with Crippen LogP contribution in [0.1, 0.15) is 46.0 Å².